The molecule has 0 bridgehead atoms. The molecule has 1 saturated heterocycles. The van der Waals surface area contributed by atoms with Crippen LogP contribution in [0.15, 0.2) is 48.9 Å². The Morgan fingerprint density at radius 1 is 1.15 bits per heavy atom. The van der Waals surface area contributed by atoms with E-state index in [0.717, 1.165) is 32.0 Å². The van der Waals surface area contributed by atoms with Gasteiger partial charge >= 0.3 is 0 Å². The smallest absolute Gasteiger partial charge is 0.140 e. The summed E-state index contributed by atoms with van der Waals surface area (Å²) in [6.45, 7) is 9.60. The minimum Gasteiger partial charge on any atom is -0.328 e. The van der Waals surface area contributed by atoms with E-state index in [1.54, 1.807) is 0 Å². The quantitative estimate of drug-likeness (QED) is 0.665. The maximum absolute atomic E-state index is 4.69. The number of likely N-dealkylation sites (tertiary alicyclic amines) is 1. The Balaban J connectivity index is 1.44. The van der Waals surface area contributed by atoms with E-state index >= 15 is 0 Å². The second-order valence-electron chi connectivity index (χ2n) is 7.65. The fraction of sp³-hybridized carbons (Fsp3) is 0.455. The van der Waals surface area contributed by atoms with Gasteiger partial charge in [0.1, 0.15) is 5.82 Å². The number of imidazole rings is 1. The molecular formula is C22H29N5. The summed E-state index contributed by atoms with van der Waals surface area (Å²) in [5, 5.41) is 4.41. The van der Waals surface area contributed by atoms with Crippen molar-refractivity contribution in [2.45, 2.75) is 46.3 Å². The molecule has 27 heavy (non-hydrogen) atoms. The SMILES string of the molecule is CCn1cc(CN2CCCC(Cn3c(C)cnc3-c3ccccc3)C2)cn1. The van der Waals surface area contributed by atoms with Gasteiger partial charge in [0.05, 0.1) is 6.20 Å². The zero-order chi connectivity index (χ0) is 18.6. The number of aromatic nitrogens is 4. The van der Waals surface area contributed by atoms with Gasteiger partial charge < -0.3 is 4.57 Å². The number of nitrogens with zero attached hydrogens (tertiary/aromatic N) is 5. The molecule has 1 unspecified atom stereocenters. The average Bonchev–Trinajstić information content (AvgIpc) is 3.30. The minimum atomic E-state index is 0.662. The predicted octanol–water partition coefficient (Wildman–Crippen LogP) is 3.99. The second kappa shape index (κ2) is 8.09. The van der Waals surface area contributed by atoms with Gasteiger partial charge in [-0.1, -0.05) is 30.3 Å². The summed E-state index contributed by atoms with van der Waals surface area (Å²) in [5.41, 5.74) is 3.77. The molecule has 3 heterocycles. The Morgan fingerprint density at radius 2 is 2.00 bits per heavy atom. The number of rotatable bonds is 6. The Morgan fingerprint density at radius 3 is 2.78 bits per heavy atom. The molecule has 0 saturated carbocycles. The number of aryl methyl sites for hydroxylation is 2. The van der Waals surface area contributed by atoms with E-state index in [4.69, 9.17) is 0 Å². The molecule has 0 amide bonds. The van der Waals surface area contributed by atoms with E-state index in [1.807, 2.05) is 17.1 Å². The molecular weight excluding hydrogens is 334 g/mol. The lowest BCUT2D eigenvalue weighted by atomic mass is 9.97. The maximum atomic E-state index is 4.69. The molecule has 0 radical (unpaired) electrons. The minimum absolute atomic E-state index is 0.662. The molecule has 3 aromatic rings. The highest BCUT2D eigenvalue weighted by molar-refractivity contribution is 5.55. The third-order valence-corrected chi connectivity index (χ3v) is 5.55. The molecule has 2 aromatic heterocycles. The molecule has 5 nitrogen and oxygen atoms in total. The summed E-state index contributed by atoms with van der Waals surface area (Å²) < 4.78 is 4.41. The Kier molecular flexibility index (Phi) is 5.39. The standard InChI is InChI=1S/C22H29N5/c1-3-26-16-20(13-24-26)15-25-11-7-8-19(14-25)17-27-18(2)12-23-22(27)21-9-5-4-6-10-21/h4-6,9-10,12-13,16,19H,3,7-8,11,14-15,17H2,1-2H3. The van der Waals surface area contributed by atoms with Crippen LogP contribution in [0.3, 0.4) is 0 Å². The topological polar surface area (TPSA) is 38.9 Å². The van der Waals surface area contributed by atoms with Crippen LogP contribution in [0.1, 0.15) is 31.0 Å². The number of benzene rings is 1. The fourth-order valence-electron chi connectivity index (χ4n) is 4.13. The monoisotopic (exact) mass is 363 g/mol. The van der Waals surface area contributed by atoms with Gasteiger partial charge in [0.2, 0.25) is 0 Å². The third-order valence-electron chi connectivity index (χ3n) is 5.55. The first kappa shape index (κ1) is 18.0. The van der Waals surface area contributed by atoms with Crippen molar-refractivity contribution in [3.8, 4) is 11.4 Å². The summed E-state index contributed by atoms with van der Waals surface area (Å²) in [7, 11) is 0. The van der Waals surface area contributed by atoms with Crippen LogP contribution in [0.4, 0.5) is 0 Å². The Labute approximate surface area is 161 Å². The van der Waals surface area contributed by atoms with Crippen molar-refractivity contribution >= 4 is 0 Å². The number of hydrogen-bond donors (Lipinski definition) is 0. The van der Waals surface area contributed by atoms with Gasteiger partial charge in [-0.3, -0.25) is 9.58 Å². The second-order valence-corrected chi connectivity index (χ2v) is 7.65. The van der Waals surface area contributed by atoms with Crippen LogP contribution < -0.4 is 0 Å². The highest BCUT2D eigenvalue weighted by Gasteiger charge is 2.22. The molecule has 0 N–H and O–H groups in total. The van der Waals surface area contributed by atoms with Crippen LogP contribution in [0.2, 0.25) is 0 Å². The first-order chi connectivity index (χ1) is 13.2. The Bertz CT molecular complexity index is 864. The van der Waals surface area contributed by atoms with Crippen LogP contribution in [0, 0.1) is 12.8 Å². The number of piperidine rings is 1. The maximum Gasteiger partial charge on any atom is 0.140 e. The van der Waals surface area contributed by atoms with Gasteiger partial charge in [0.15, 0.2) is 0 Å². The van der Waals surface area contributed by atoms with Crippen molar-refractivity contribution in [1.29, 1.82) is 0 Å². The van der Waals surface area contributed by atoms with Crippen LogP contribution in [-0.2, 0) is 19.6 Å². The lowest BCUT2D eigenvalue weighted by Gasteiger charge is -2.33. The molecule has 1 atom stereocenters. The van der Waals surface area contributed by atoms with Crippen LogP contribution in [0.5, 0.6) is 0 Å². The van der Waals surface area contributed by atoms with Gasteiger partial charge in [-0.25, -0.2) is 4.98 Å². The lowest BCUT2D eigenvalue weighted by molar-refractivity contribution is 0.156. The van der Waals surface area contributed by atoms with E-state index in [2.05, 4.69) is 69.9 Å². The summed E-state index contributed by atoms with van der Waals surface area (Å²) in [6, 6.07) is 10.5. The summed E-state index contributed by atoms with van der Waals surface area (Å²) in [5.74, 6) is 1.75. The summed E-state index contributed by atoms with van der Waals surface area (Å²) >= 11 is 0. The van der Waals surface area contributed by atoms with Gasteiger partial charge in [0, 0.05) is 55.4 Å². The van der Waals surface area contributed by atoms with E-state index in [-0.39, 0.29) is 0 Å². The molecule has 142 valence electrons. The molecule has 0 aliphatic carbocycles. The normalized spacial score (nSPS) is 18.1. The van der Waals surface area contributed by atoms with Crippen molar-refractivity contribution in [3.05, 3.63) is 60.2 Å². The third kappa shape index (κ3) is 4.14. The van der Waals surface area contributed by atoms with Crippen molar-refractivity contribution in [2.75, 3.05) is 13.1 Å². The molecule has 1 aliphatic rings. The predicted molar refractivity (Wildman–Crippen MR) is 108 cm³/mol. The first-order valence-corrected chi connectivity index (χ1v) is 10.0. The highest BCUT2D eigenvalue weighted by atomic mass is 15.3. The van der Waals surface area contributed by atoms with E-state index < -0.39 is 0 Å². The van der Waals surface area contributed by atoms with Crippen LogP contribution >= 0.6 is 0 Å². The van der Waals surface area contributed by atoms with Crippen LogP contribution in [-0.4, -0.2) is 37.3 Å². The average molecular weight is 364 g/mol. The molecule has 1 aromatic carbocycles. The first-order valence-electron chi connectivity index (χ1n) is 10.0. The molecule has 0 spiro atoms. The Hall–Kier alpha value is -2.40. The fourth-order valence-corrected chi connectivity index (χ4v) is 4.13. The van der Waals surface area contributed by atoms with Crippen molar-refractivity contribution < 1.29 is 0 Å². The van der Waals surface area contributed by atoms with E-state index in [1.165, 1.54) is 36.2 Å². The molecule has 1 fully saturated rings. The lowest BCUT2D eigenvalue weighted by Crippen LogP contribution is -2.36. The van der Waals surface area contributed by atoms with Gasteiger partial charge in [0.25, 0.3) is 0 Å². The summed E-state index contributed by atoms with van der Waals surface area (Å²) in [6.07, 6.45) is 8.75. The van der Waals surface area contributed by atoms with Crippen molar-refractivity contribution in [1.82, 2.24) is 24.2 Å². The van der Waals surface area contributed by atoms with Crippen molar-refractivity contribution in [3.63, 3.8) is 0 Å². The van der Waals surface area contributed by atoms with Gasteiger partial charge in [-0.05, 0) is 39.2 Å². The van der Waals surface area contributed by atoms with Crippen LogP contribution in [0.25, 0.3) is 11.4 Å². The zero-order valence-corrected chi connectivity index (χ0v) is 16.4. The molecule has 4 rings (SSSR count). The molecule has 1 aliphatic heterocycles. The summed E-state index contributed by atoms with van der Waals surface area (Å²) in [4.78, 5) is 7.27. The zero-order valence-electron chi connectivity index (χ0n) is 16.4. The molecule has 5 heteroatoms. The number of hydrogen-bond acceptors (Lipinski definition) is 3. The van der Waals surface area contributed by atoms with Gasteiger partial charge in [-0.15, -0.1) is 0 Å². The largest absolute Gasteiger partial charge is 0.328 e. The van der Waals surface area contributed by atoms with Crippen molar-refractivity contribution in [2.24, 2.45) is 5.92 Å². The van der Waals surface area contributed by atoms with Gasteiger partial charge in [-0.2, -0.15) is 5.10 Å². The highest BCUT2D eigenvalue weighted by Crippen LogP contribution is 2.25. The van der Waals surface area contributed by atoms with E-state index in [0.29, 0.717) is 5.92 Å². The van der Waals surface area contributed by atoms with E-state index in [9.17, 15) is 0 Å².